The van der Waals surface area contributed by atoms with Crippen molar-refractivity contribution in [2.45, 2.75) is 67.8 Å². The number of nitrogens with two attached hydrogens (primary N) is 1. The van der Waals surface area contributed by atoms with Crippen LogP contribution in [0.4, 0.5) is 4.79 Å². The fourth-order valence-electron chi connectivity index (χ4n) is 6.99. The largest absolute Gasteiger partial charge is 0.445 e. The lowest BCUT2D eigenvalue weighted by molar-refractivity contribution is -0.140. The van der Waals surface area contributed by atoms with Crippen LogP contribution in [-0.4, -0.2) is 84.4 Å². The number of Topliss-reactive ketones (excluding diaryl/α,β-unsaturated/α-hetero) is 1. The molecule has 308 valence electrons. The number of nitrogens with one attached hydrogen (secondary N) is 4. The van der Waals surface area contributed by atoms with Crippen molar-refractivity contribution in [3.05, 3.63) is 138 Å². The van der Waals surface area contributed by atoms with Crippen molar-refractivity contribution in [2.24, 2.45) is 5.73 Å². The number of guanidine groups is 1. The van der Waals surface area contributed by atoms with E-state index in [1.165, 1.54) is 4.90 Å². The quantitative estimate of drug-likeness (QED) is 0.0363. The number of benzene rings is 4. The number of nitrogens with zero attached hydrogens (tertiary/aromatic N) is 2. The van der Waals surface area contributed by atoms with Gasteiger partial charge >= 0.3 is 6.09 Å². The number of alkyl carbamates (subject to hydrolysis) is 1. The van der Waals surface area contributed by atoms with Crippen LogP contribution in [0, 0.1) is 5.41 Å². The topological polar surface area (TPSA) is 227 Å². The molecule has 15 nitrogen and oxygen atoms in total. The smallest absolute Gasteiger partial charge is 0.408 e. The minimum atomic E-state index is -3.94. The molecule has 0 unspecified atom stereocenters. The zero-order valence-corrected chi connectivity index (χ0v) is 33.1. The summed E-state index contributed by atoms with van der Waals surface area (Å²) in [6.07, 6.45) is -0.296. The number of hydrogen-bond donors (Lipinski definition) is 5. The molecule has 0 aliphatic carbocycles. The number of ether oxygens (including phenoxy) is 1. The summed E-state index contributed by atoms with van der Waals surface area (Å²) in [7, 11) is -3.94. The summed E-state index contributed by atoms with van der Waals surface area (Å²) in [5.74, 6) is -2.90. The van der Waals surface area contributed by atoms with Crippen LogP contribution in [-0.2, 0) is 42.9 Å². The van der Waals surface area contributed by atoms with Gasteiger partial charge in [0.1, 0.15) is 24.2 Å². The van der Waals surface area contributed by atoms with E-state index in [9.17, 15) is 27.6 Å². The molecule has 1 aliphatic rings. The monoisotopic (exact) mass is 821 g/mol. The normalized spacial score (nSPS) is 16.2. The number of hydrogen-bond acceptors (Lipinski definition) is 10. The number of fused-ring (bicyclic) bond motifs is 1. The van der Waals surface area contributed by atoms with Gasteiger partial charge in [-0.15, -0.1) is 0 Å². The van der Waals surface area contributed by atoms with Gasteiger partial charge in [-0.3, -0.25) is 19.8 Å². The molecule has 0 bridgehead atoms. The highest BCUT2D eigenvalue weighted by Gasteiger charge is 2.47. The zero-order chi connectivity index (χ0) is 41.8. The summed E-state index contributed by atoms with van der Waals surface area (Å²) >= 11 is 0. The first kappa shape index (κ1) is 42.1. The average molecular weight is 822 g/mol. The molecule has 2 heterocycles. The van der Waals surface area contributed by atoms with Crippen LogP contribution in [0.3, 0.4) is 0 Å². The SMILES string of the molecule is N=C(N)NCCC[C@H](NC(=O)[C@@H]1C[C@@H](S(=O)(=O)Cc2ccccc2)CN1C(=O)[C@@H](CCc1ccccc1)NC(=O)OCc1ccccc1)C(=O)c1nc2ccccc2o1. The molecule has 0 radical (unpaired) electrons. The van der Waals surface area contributed by atoms with Gasteiger partial charge in [-0.1, -0.05) is 103 Å². The van der Waals surface area contributed by atoms with Crippen LogP contribution >= 0.6 is 0 Å². The number of likely N-dealkylation sites (tertiary alicyclic amines) is 1. The van der Waals surface area contributed by atoms with Gasteiger partial charge < -0.3 is 35.7 Å². The van der Waals surface area contributed by atoms with Crippen molar-refractivity contribution >= 4 is 50.6 Å². The average Bonchev–Trinajstić information content (AvgIpc) is 3.90. The van der Waals surface area contributed by atoms with Crippen LogP contribution in [0.5, 0.6) is 0 Å². The van der Waals surface area contributed by atoms with E-state index in [1.807, 2.05) is 36.4 Å². The lowest BCUT2D eigenvalue weighted by Gasteiger charge is -2.29. The van der Waals surface area contributed by atoms with Crippen LogP contribution in [0.15, 0.2) is 120 Å². The summed E-state index contributed by atoms with van der Waals surface area (Å²) in [5.41, 5.74) is 8.43. The van der Waals surface area contributed by atoms with Crippen molar-refractivity contribution in [3.8, 4) is 0 Å². The number of sulfone groups is 1. The number of amides is 3. The molecule has 4 atom stereocenters. The Bertz CT molecular complexity index is 2310. The van der Waals surface area contributed by atoms with Gasteiger partial charge in [0, 0.05) is 13.1 Å². The second kappa shape index (κ2) is 19.7. The fourth-order valence-corrected chi connectivity index (χ4v) is 8.74. The molecular weight excluding hydrogens is 775 g/mol. The van der Waals surface area contributed by atoms with Crippen molar-refractivity contribution in [3.63, 3.8) is 0 Å². The fraction of sp³-hybridized carbons (Fsp3) is 0.302. The molecule has 1 aromatic heterocycles. The third-order valence-electron chi connectivity index (χ3n) is 10.1. The lowest BCUT2D eigenvalue weighted by Crippen LogP contribution is -2.55. The van der Waals surface area contributed by atoms with E-state index in [2.05, 4.69) is 20.9 Å². The molecule has 59 heavy (non-hydrogen) atoms. The molecule has 0 spiro atoms. The third kappa shape index (κ3) is 11.5. The van der Waals surface area contributed by atoms with E-state index >= 15 is 0 Å². The van der Waals surface area contributed by atoms with Gasteiger partial charge in [0.25, 0.3) is 5.89 Å². The van der Waals surface area contributed by atoms with Gasteiger partial charge in [-0.25, -0.2) is 18.2 Å². The van der Waals surface area contributed by atoms with Crippen molar-refractivity contribution < 1.29 is 36.7 Å². The number of rotatable bonds is 18. The van der Waals surface area contributed by atoms with E-state index in [-0.39, 0.29) is 63.0 Å². The first-order chi connectivity index (χ1) is 28.5. The Hall–Kier alpha value is -6.55. The maximum Gasteiger partial charge on any atom is 0.408 e. The van der Waals surface area contributed by atoms with Gasteiger partial charge in [-0.05, 0) is 60.9 Å². The molecule has 5 aromatic rings. The molecule has 16 heteroatoms. The second-order valence-electron chi connectivity index (χ2n) is 14.3. The van der Waals surface area contributed by atoms with Crippen LogP contribution in [0.25, 0.3) is 11.1 Å². The predicted molar refractivity (Wildman–Crippen MR) is 221 cm³/mol. The second-order valence-corrected chi connectivity index (χ2v) is 16.6. The Morgan fingerprint density at radius 3 is 2.12 bits per heavy atom. The van der Waals surface area contributed by atoms with Crippen molar-refractivity contribution in [1.82, 2.24) is 25.8 Å². The summed E-state index contributed by atoms with van der Waals surface area (Å²) in [6.45, 7) is -0.176. The first-order valence-corrected chi connectivity index (χ1v) is 21.0. The number of ketones is 1. The Balaban J connectivity index is 1.28. The highest BCUT2D eigenvalue weighted by molar-refractivity contribution is 7.91. The molecule has 6 rings (SSSR count). The molecule has 1 fully saturated rings. The molecule has 1 saturated heterocycles. The number of carbonyl (C=O) groups excluding carboxylic acids is 4. The number of oxazole rings is 1. The minimum absolute atomic E-state index is 0.0573. The van der Waals surface area contributed by atoms with E-state index in [4.69, 9.17) is 20.3 Å². The van der Waals surface area contributed by atoms with Gasteiger partial charge in [-0.2, -0.15) is 0 Å². The molecule has 6 N–H and O–H groups in total. The standard InChI is InChI=1S/C43H47N7O8S/c44-42(45)46-24-12-20-34(38(51)40-48-33-19-10-11-21-37(33)58-40)47-39(52)36-25-32(59(55,56)28-31-17-8-3-9-18-31)26-50(36)41(53)35(23-22-29-13-4-1-5-14-29)49-43(54)57-27-30-15-6-2-7-16-30/h1-11,13-19,21,32,34-36H,12,20,22-28H2,(H,47,52)(H,49,54)(H4,44,45,46)/t32-,34+,35-,36+/m1/s1. The van der Waals surface area contributed by atoms with Crippen LogP contribution in [0.1, 0.15) is 53.1 Å². The molecule has 3 amide bonds. The minimum Gasteiger partial charge on any atom is -0.445 e. The van der Waals surface area contributed by atoms with Crippen molar-refractivity contribution in [1.29, 1.82) is 5.41 Å². The van der Waals surface area contributed by atoms with E-state index < -0.39 is 56.9 Å². The van der Waals surface area contributed by atoms with Gasteiger partial charge in [0.15, 0.2) is 21.4 Å². The summed E-state index contributed by atoms with van der Waals surface area (Å²) in [4.78, 5) is 61.8. The van der Waals surface area contributed by atoms with Gasteiger partial charge in [0.05, 0.1) is 17.0 Å². The number of aryl methyl sites for hydroxylation is 1. The third-order valence-corrected chi connectivity index (χ3v) is 12.2. The highest BCUT2D eigenvalue weighted by atomic mass is 32.2. The zero-order valence-electron chi connectivity index (χ0n) is 32.3. The summed E-state index contributed by atoms with van der Waals surface area (Å²) in [6, 6.07) is 30.0. The molecular formula is C43H47N7O8S. The predicted octanol–water partition coefficient (Wildman–Crippen LogP) is 4.27. The van der Waals surface area contributed by atoms with Gasteiger partial charge in [0.2, 0.25) is 17.6 Å². The summed E-state index contributed by atoms with van der Waals surface area (Å²) < 4.78 is 39.2. The lowest BCUT2D eigenvalue weighted by atomic mass is 10.0. The Labute approximate surface area is 342 Å². The van der Waals surface area contributed by atoms with Crippen LogP contribution in [0.2, 0.25) is 0 Å². The highest BCUT2D eigenvalue weighted by Crippen LogP contribution is 2.28. The molecule has 4 aromatic carbocycles. The number of para-hydroxylation sites is 2. The maximum atomic E-state index is 14.7. The maximum absolute atomic E-state index is 14.7. The number of aromatic nitrogens is 1. The molecule has 1 aliphatic heterocycles. The summed E-state index contributed by atoms with van der Waals surface area (Å²) in [5, 5.41) is 14.5. The van der Waals surface area contributed by atoms with Crippen molar-refractivity contribution in [2.75, 3.05) is 13.1 Å². The number of carbonyl (C=O) groups is 4. The first-order valence-electron chi connectivity index (χ1n) is 19.3. The van der Waals surface area contributed by atoms with E-state index in [1.54, 1.807) is 78.9 Å². The Morgan fingerprint density at radius 1 is 0.831 bits per heavy atom. The van der Waals surface area contributed by atoms with Crippen LogP contribution < -0.4 is 21.7 Å². The van der Waals surface area contributed by atoms with E-state index in [0.717, 1.165) is 11.1 Å². The Kier molecular flexibility index (Phi) is 14.1. The van der Waals surface area contributed by atoms with E-state index in [0.29, 0.717) is 23.1 Å². The molecule has 0 saturated carbocycles. The Morgan fingerprint density at radius 2 is 1.46 bits per heavy atom.